The number of halogens is 1. The fraction of sp³-hybridized carbons (Fsp3) is 0.316. The number of phenolic OH excluding ortho intramolecular Hbond substituents is 1. The van der Waals surface area contributed by atoms with Gasteiger partial charge in [0.15, 0.2) is 5.75 Å². The van der Waals surface area contributed by atoms with Gasteiger partial charge in [0, 0.05) is 17.5 Å². The lowest BCUT2D eigenvalue weighted by Crippen LogP contribution is -2.18. The number of carbonyl (C=O) groups is 1. The van der Waals surface area contributed by atoms with Crippen molar-refractivity contribution in [1.82, 2.24) is 0 Å². The van der Waals surface area contributed by atoms with Crippen molar-refractivity contribution in [3.05, 3.63) is 46.5 Å². The number of aromatic hydroxyl groups is 1. The summed E-state index contributed by atoms with van der Waals surface area (Å²) in [6, 6.07) is 9.34. The van der Waals surface area contributed by atoms with Crippen molar-refractivity contribution in [2.45, 2.75) is 34.1 Å². The van der Waals surface area contributed by atoms with Crippen molar-refractivity contribution in [3.63, 3.8) is 0 Å². The molecule has 0 atom stereocenters. The molecule has 0 saturated heterocycles. The first-order valence-corrected chi connectivity index (χ1v) is 8.31. The molecule has 5 heteroatoms. The number of amides is 1. The third-order valence-electron chi connectivity index (χ3n) is 3.78. The average Bonchev–Trinajstić information content (AvgIpc) is 2.57. The molecule has 0 aliphatic rings. The van der Waals surface area contributed by atoms with Crippen LogP contribution in [0.5, 0.6) is 17.2 Å². The van der Waals surface area contributed by atoms with Crippen LogP contribution in [0, 0.1) is 12.8 Å². The van der Waals surface area contributed by atoms with E-state index in [4.69, 9.17) is 16.3 Å². The van der Waals surface area contributed by atoms with Gasteiger partial charge in [0.1, 0.15) is 11.5 Å². The second kappa shape index (κ2) is 7.58. The van der Waals surface area contributed by atoms with Crippen molar-refractivity contribution in [1.29, 1.82) is 0 Å². The third kappa shape index (κ3) is 4.01. The van der Waals surface area contributed by atoms with Crippen LogP contribution in [0.4, 0.5) is 5.69 Å². The molecule has 24 heavy (non-hydrogen) atoms. The zero-order valence-electron chi connectivity index (χ0n) is 14.3. The molecule has 0 aliphatic heterocycles. The van der Waals surface area contributed by atoms with Gasteiger partial charge in [-0.1, -0.05) is 44.5 Å². The minimum absolute atomic E-state index is 0.156. The summed E-state index contributed by atoms with van der Waals surface area (Å²) in [7, 11) is 0. The Morgan fingerprint density at radius 3 is 2.46 bits per heavy atom. The summed E-state index contributed by atoms with van der Waals surface area (Å²) in [5.74, 6) is 0.579. The second-order valence-corrected chi connectivity index (χ2v) is 6.33. The molecule has 2 aromatic rings. The molecule has 2 aromatic carbocycles. The number of hydrogen-bond donors (Lipinski definition) is 2. The number of carbonyl (C=O) groups excluding carboxylic acids is 1. The van der Waals surface area contributed by atoms with Crippen molar-refractivity contribution < 1.29 is 14.6 Å². The summed E-state index contributed by atoms with van der Waals surface area (Å²) in [4.78, 5) is 11.9. The van der Waals surface area contributed by atoms with E-state index < -0.39 is 0 Å². The van der Waals surface area contributed by atoms with Crippen LogP contribution in [0.15, 0.2) is 30.3 Å². The van der Waals surface area contributed by atoms with E-state index in [1.807, 2.05) is 24.3 Å². The highest BCUT2D eigenvalue weighted by molar-refractivity contribution is 6.33. The van der Waals surface area contributed by atoms with E-state index in [1.54, 1.807) is 26.8 Å². The monoisotopic (exact) mass is 347 g/mol. The van der Waals surface area contributed by atoms with E-state index in [-0.39, 0.29) is 28.3 Å². The lowest BCUT2D eigenvalue weighted by molar-refractivity contribution is -0.118. The molecule has 2 N–H and O–H groups in total. The molecular weight excluding hydrogens is 326 g/mol. The topological polar surface area (TPSA) is 58.6 Å². The van der Waals surface area contributed by atoms with E-state index in [0.717, 1.165) is 6.42 Å². The maximum atomic E-state index is 11.9. The molecule has 0 saturated carbocycles. The molecule has 0 fully saturated rings. The molecule has 0 unspecified atom stereocenters. The van der Waals surface area contributed by atoms with Crippen molar-refractivity contribution in [2.24, 2.45) is 5.92 Å². The van der Waals surface area contributed by atoms with Gasteiger partial charge < -0.3 is 15.2 Å². The number of ether oxygens (including phenoxy) is 1. The maximum Gasteiger partial charge on any atom is 0.227 e. The van der Waals surface area contributed by atoms with E-state index >= 15 is 0 Å². The summed E-state index contributed by atoms with van der Waals surface area (Å²) < 4.78 is 5.88. The number of benzene rings is 2. The summed E-state index contributed by atoms with van der Waals surface area (Å²) in [6.07, 6.45) is 0.954. The van der Waals surface area contributed by atoms with E-state index in [1.165, 1.54) is 5.56 Å². The number of nitrogens with one attached hydrogen (secondary N) is 1. The lowest BCUT2D eigenvalue weighted by atomic mass is 10.1. The van der Waals surface area contributed by atoms with Gasteiger partial charge in [-0.15, -0.1) is 0 Å². The van der Waals surface area contributed by atoms with Crippen LogP contribution in [-0.2, 0) is 11.2 Å². The van der Waals surface area contributed by atoms with Crippen LogP contribution < -0.4 is 10.1 Å². The van der Waals surface area contributed by atoms with Gasteiger partial charge in [-0.05, 0) is 31.0 Å². The standard InChI is InChI=1S/C19H22ClNO3/c1-5-13-6-8-14(9-7-13)24-16-10-15(21-19(23)11(2)3)18(22)17(20)12(16)4/h6-11,22H,5H2,1-4H3,(H,21,23). The Morgan fingerprint density at radius 1 is 1.29 bits per heavy atom. The Hall–Kier alpha value is -2.20. The highest BCUT2D eigenvalue weighted by atomic mass is 35.5. The van der Waals surface area contributed by atoms with E-state index in [9.17, 15) is 9.90 Å². The Morgan fingerprint density at radius 2 is 1.92 bits per heavy atom. The van der Waals surface area contributed by atoms with Gasteiger partial charge in [-0.25, -0.2) is 0 Å². The van der Waals surface area contributed by atoms with E-state index in [0.29, 0.717) is 17.1 Å². The number of rotatable bonds is 5. The zero-order valence-corrected chi connectivity index (χ0v) is 15.1. The van der Waals surface area contributed by atoms with Gasteiger partial charge in [-0.2, -0.15) is 0 Å². The van der Waals surface area contributed by atoms with Gasteiger partial charge in [0.25, 0.3) is 0 Å². The van der Waals surface area contributed by atoms with Crippen molar-refractivity contribution in [3.8, 4) is 17.2 Å². The molecule has 0 aromatic heterocycles. The normalized spacial score (nSPS) is 10.8. The smallest absolute Gasteiger partial charge is 0.227 e. The van der Waals surface area contributed by atoms with E-state index in [2.05, 4.69) is 12.2 Å². The minimum Gasteiger partial charge on any atom is -0.504 e. The highest BCUT2D eigenvalue weighted by Crippen LogP contribution is 2.41. The largest absolute Gasteiger partial charge is 0.504 e. The van der Waals surface area contributed by atoms with Crippen LogP contribution >= 0.6 is 11.6 Å². The van der Waals surface area contributed by atoms with Crippen molar-refractivity contribution >= 4 is 23.2 Å². The second-order valence-electron chi connectivity index (χ2n) is 5.95. The van der Waals surface area contributed by atoms with Crippen LogP contribution in [-0.4, -0.2) is 11.0 Å². The molecule has 0 radical (unpaired) electrons. The molecule has 0 spiro atoms. The van der Waals surface area contributed by atoms with Crippen LogP contribution in [0.1, 0.15) is 31.9 Å². The lowest BCUT2D eigenvalue weighted by Gasteiger charge is -2.16. The molecule has 128 valence electrons. The summed E-state index contributed by atoms with van der Waals surface area (Å²) in [6.45, 7) is 7.39. The first kappa shape index (κ1) is 18.1. The SMILES string of the molecule is CCc1ccc(Oc2cc(NC(=O)C(C)C)c(O)c(Cl)c2C)cc1. The molecule has 0 aliphatic carbocycles. The summed E-state index contributed by atoms with van der Waals surface area (Å²) in [5, 5.41) is 13.0. The van der Waals surface area contributed by atoms with Crippen LogP contribution in [0.25, 0.3) is 0 Å². The quantitative estimate of drug-likeness (QED) is 0.721. The zero-order chi connectivity index (χ0) is 17.9. The fourth-order valence-electron chi connectivity index (χ4n) is 2.11. The maximum absolute atomic E-state index is 11.9. The van der Waals surface area contributed by atoms with Gasteiger partial charge in [0.2, 0.25) is 5.91 Å². The summed E-state index contributed by atoms with van der Waals surface area (Å²) in [5.41, 5.74) is 2.06. The fourth-order valence-corrected chi connectivity index (χ4v) is 2.31. The number of phenols is 1. The molecule has 0 heterocycles. The Balaban J connectivity index is 2.34. The van der Waals surface area contributed by atoms with Crippen molar-refractivity contribution in [2.75, 3.05) is 5.32 Å². The molecule has 2 rings (SSSR count). The van der Waals surface area contributed by atoms with Gasteiger partial charge in [0.05, 0.1) is 10.7 Å². The van der Waals surface area contributed by atoms with Crippen LogP contribution in [0.3, 0.4) is 0 Å². The Kier molecular flexibility index (Phi) is 5.73. The first-order valence-electron chi connectivity index (χ1n) is 7.93. The summed E-state index contributed by atoms with van der Waals surface area (Å²) >= 11 is 6.18. The predicted molar refractivity (Wildman–Crippen MR) is 97.2 cm³/mol. The Bertz CT molecular complexity index is 739. The predicted octanol–water partition coefficient (Wildman–Crippen LogP) is 5.30. The van der Waals surface area contributed by atoms with Crippen LogP contribution in [0.2, 0.25) is 5.02 Å². The first-order chi connectivity index (χ1) is 11.3. The van der Waals surface area contributed by atoms with Gasteiger partial charge in [-0.3, -0.25) is 4.79 Å². The van der Waals surface area contributed by atoms with Gasteiger partial charge >= 0.3 is 0 Å². The third-order valence-corrected chi connectivity index (χ3v) is 4.24. The molecule has 4 nitrogen and oxygen atoms in total. The average molecular weight is 348 g/mol. The molecular formula is C19H22ClNO3. The number of hydrogen-bond acceptors (Lipinski definition) is 3. The minimum atomic E-state index is -0.213. The number of anilines is 1. The number of aryl methyl sites for hydroxylation is 1. The molecule has 1 amide bonds. The molecule has 0 bridgehead atoms. The highest BCUT2D eigenvalue weighted by Gasteiger charge is 2.18. The Labute approximate surface area is 147 Å².